The molecule has 1 aromatic rings. The summed E-state index contributed by atoms with van der Waals surface area (Å²) in [7, 11) is 0. The number of rotatable bonds is 5. The van der Waals surface area contributed by atoms with E-state index in [1.807, 2.05) is 11.3 Å². The van der Waals surface area contributed by atoms with Crippen LogP contribution in [0.2, 0.25) is 0 Å². The second-order valence-corrected chi connectivity index (χ2v) is 8.79. The number of ether oxygens (including phenoxy) is 1. The first-order valence-electron chi connectivity index (χ1n) is 7.26. The van der Waals surface area contributed by atoms with E-state index in [1.54, 1.807) is 0 Å². The third-order valence-corrected chi connectivity index (χ3v) is 6.60. The van der Waals surface area contributed by atoms with Crippen molar-refractivity contribution < 1.29 is 4.74 Å². The number of alkyl halides is 1. The van der Waals surface area contributed by atoms with Gasteiger partial charge >= 0.3 is 0 Å². The molecule has 0 amide bonds. The second kappa shape index (κ2) is 6.28. The van der Waals surface area contributed by atoms with E-state index in [4.69, 9.17) is 4.74 Å². The second-order valence-electron chi connectivity index (χ2n) is 6.57. The van der Waals surface area contributed by atoms with Gasteiger partial charge in [-0.3, -0.25) is 0 Å². The average molecular weight is 345 g/mol. The van der Waals surface area contributed by atoms with Crippen molar-refractivity contribution in [1.29, 1.82) is 0 Å². The monoisotopic (exact) mass is 344 g/mol. The normalized spacial score (nSPS) is 25.1. The number of thiophene rings is 1. The fraction of sp³-hybridized carbons (Fsp3) is 0.750. The van der Waals surface area contributed by atoms with Gasteiger partial charge in [0, 0.05) is 21.2 Å². The topological polar surface area (TPSA) is 9.23 Å². The molecule has 1 fully saturated rings. The quantitative estimate of drug-likeness (QED) is 0.623. The molecule has 0 N–H and O–H groups in total. The first-order chi connectivity index (χ1) is 8.90. The molecule has 0 saturated heterocycles. The maximum absolute atomic E-state index is 5.63. The largest absolute Gasteiger partial charge is 0.378 e. The van der Waals surface area contributed by atoms with E-state index in [2.05, 4.69) is 55.8 Å². The van der Waals surface area contributed by atoms with Crippen LogP contribution < -0.4 is 0 Å². The number of hydrogen-bond acceptors (Lipinski definition) is 2. The summed E-state index contributed by atoms with van der Waals surface area (Å²) in [6.07, 6.45) is 4.26. The van der Waals surface area contributed by atoms with E-state index in [0.29, 0.717) is 10.9 Å². The van der Waals surface area contributed by atoms with Crippen molar-refractivity contribution in [3.63, 3.8) is 0 Å². The molecular formula is C16H25BrOS. The molecule has 1 aromatic heterocycles. The molecule has 1 saturated carbocycles. The van der Waals surface area contributed by atoms with Crippen molar-refractivity contribution in [2.45, 2.75) is 63.3 Å². The van der Waals surface area contributed by atoms with Gasteiger partial charge in [0.2, 0.25) is 0 Å². The fourth-order valence-corrected chi connectivity index (χ4v) is 4.59. The Morgan fingerprint density at radius 3 is 2.58 bits per heavy atom. The number of halogens is 1. The minimum absolute atomic E-state index is 0.270. The third-order valence-electron chi connectivity index (χ3n) is 3.81. The highest BCUT2D eigenvalue weighted by Gasteiger charge is 2.31. The zero-order valence-electron chi connectivity index (χ0n) is 12.4. The van der Waals surface area contributed by atoms with Gasteiger partial charge in [0.15, 0.2) is 0 Å². The minimum Gasteiger partial charge on any atom is -0.378 e. The molecular weight excluding hydrogens is 320 g/mol. The lowest BCUT2D eigenvalue weighted by molar-refractivity contribution is -0.0264. The summed E-state index contributed by atoms with van der Waals surface area (Å²) in [6.45, 7) is 9.79. The van der Waals surface area contributed by atoms with Crippen LogP contribution in [0.5, 0.6) is 0 Å². The minimum atomic E-state index is 0.270. The van der Waals surface area contributed by atoms with Crippen LogP contribution in [0.25, 0.3) is 0 Å². The summed E-state index contributed by atoms with van der Waals surface area (Å²) in [6, 6.07) is 4.58. The highest BCUT2D eigenvalue weighted by Crippen LogP contribution is 2.43. The van der Waals surface area contributed by atoms with Gasteiger partial charge in [0.25, 0.3) is 0 Å². The molecule has 1 aliphatic carbocycles. The van der Waals surface area contributed by atoms with Crippen LogP contribution >= 0.6 is 27.3 Å². The van der Waals surface area contributed by atoms with Crippen LogP contribution in [0.1, 0.15) is 61.5 Å². The van der Waals surface area contributed by atoms with Gasteiger partial charge in [-0.2, -0.15) is 0 Å². The molecule has 1 unspecified atom stereocenters. The Hall–Kier alpha value is 0.140. The molecule has 0 aromatic carbocycles. The van der Waals surface area contributed by atoms with Crippen molar-refractivity contribution >= 4 is 27.3 Å². The summed E-state index contributed by atoms with van der Waals surface area (Å²) < 4.78 is 5.63. The lowest BCUT2D eigenvalue weighted by atomic mass is 9.79. The molecule has 2 rings (SSSR count). The van der Waals surface area contributed by atoms with Crippen LogP contribution in [0.3, 0.4) is 0 Å². The highest BCUT2D eigenvalue weighted by molar-refractivity contribution is 9.09. The van der Waals surface area contributed by atoms with E-state index in [-0.39, 0.29) is 5.41 Å². The molecule has 1 heterocycles. The van der Waals surface area contributed by atoms with Crippen molar-refractivity contribution in [2.24, 2.45) is 5.92 Å². The molecule has 0 radical (unpaired) electrons. The standard InChI is InChI=1S/C16H25BrOS/c1-5-18-12-8-11(9-12)10-13(17)14-6-7-15(19-14)16(2,3)4/h6-7,11-13H,5,8-10H2,1-4H3. The van der Waals surface area contributed by atoms with Crippen molar-refractivity contribution in [2.75, 3.05) is 6.61 Å². The molecule has 1 nitrogen and oxygen atoms in total. The van der Waals surface area contributed by atoms with E-state index >= 15 is 0 Å². The van der Waals surface area contributed by atoms with Gasteiger partial charge < -0.3 is 4.74 Å². The molecule has 108 valence electrons. The van der Waals surface area contributed by atoms with Crippen molar-refractivity contribution in [3.05, 3.63) is 21.9 Å². The SMILES string of the molecule is CCOC1CC(CC(Br)c2ccc(C(C)(C)C)s2)C1. The van der Waals surface area contributed by atoms with Crippen LogP contribution in [0.15, 0.2) is 12.1 Å². The zero-order valence-corrected chi connectivity index (χ0v) is 14.8. The van der Waals surface area contributed by atoms with Crippen LogP contribution in [0.4, 0.5) is 0 Å². The van der Waals surface area contributed by atoms with Gasteiger partial charge in [0.1, 0.15) is 0 Å². The maximum atomic E-state index is 5.63. The molecule has 0 aliphatic heterocycles. The molecule has 1 atom stereocenters. The molecule has 0 bridgehead atoms. The van der Waals surface area contributed by atoms with E-state index < -0.39 is 0 Å². The van der Waals surface area contributed by atoms with E-state index in [1.165, 1.54) is 29.0 Å². The first-order valence-corrected chi connectivity index (χ1v) is 8.99. The van der Waals surface area contributed by atoms with Crippen LogP contribution in [0, 0.1) is 5.92 Å². The summed E-state index contributed by atoms with van der Waals surface area (Å²) in [5.41, 5.74) is 0.270. The average Bonchev–Trinajstić information content (AvgIpc) is 2.74. The lowest BCUT2D eigenvalue weighted by Gasteiger charge is -2.36. The Bertz CT molecular complexity index is 401. The molecule has 1 aliphatic rings. The van der Waals surface area contributed by atoms with Gasteiger partial charge in [-0.05, 0) is 49.7 Å². The Balaban J connectivity index is 1.84. The van der Waals surface area contributed by atoms with Crippen molar-refractivity contribution in [3.8, 4) is 0 Å². The smallest absolute Gasteiger partial charge is 0.0580 e. The summed E-state index contributed by atoms with van der Waals surface area (Å²) >= 11 is 5.83. The highest BCUT2D eigenvalue weighted by atomic mass is 79.9. The van der Waals surface area contributed by atoms with Gasteiger partial charge in [-0.25, -0.2) is 0 Å². The maximum Gasteiger partial charge on any atom is 0.0580 e. The first kappa shape index (κ1) is 15.5. The van der Waals surface area contributed by atoms with Crippen LogP contribution in [-0.2, 0) is 10.2 Å². The Labute approximate surface area is 129 Å². The molecule has 3 heteroatoms. The Kier molecular flexibility index (Phi) is 5.13. The number of hydrogen-bond donors (Lipinski definition) is 0. The Morgan fingerprint density at radius 1 is 1.37 bits per heavy atom. The summed E-state index contributed by atoms with van der Waals surface area (Å²) in [4.78, 5) is 3.47. The van der Waals surface area contributed by atoms with Gasteiger partial charge in [0.05, 0.1) is 6.10 Å². The van der Waals surface area contributed by atoms with Crippen molar-refractivity contribution in [1.82, 2.24) is 0 Å². The zero-order chi connectivity index (χ0) is 14.0. The summed E-state index contributed by atoms with van der Waals surface area (Å²) in [5.74, 6) is 0.834. The van der Waals surface area contributed by atoms with Gasteiger partial charge in [-0.1, -0.05) is 36.7 Å². The Morgan fingerprint density at radius 2 is 2.05 bits per heavy atom. The van der Waals surface area contributed by atoms with E-state index in [9.17, 15) is 0 Å². The predicted octanol–water partition coefficient (Wildman–Crippen LogP) is 5.69. The lowest BCUT2D eigenvalue weighted by Crippen LogP contribution is -2.31. The molecule has 0 spiro atoms. The van der Waals surface area contributed by atoms with Crippen LogP contribution in [-0.4, -0.2) is 12.7 Å². The fourth-order valence-electron chi connectivity index (χ4n) is 2.57. The third kappa shape index (κ3) is 4.05. The van der Waals surface area contributed by atoms with Gasteiger partial charge in [-0.15, -0.1) is 11.3 Å². The molecule has 19 heavy (non-hydrogen) atoms. The summed E-state index contributed by atoms with van der Waals surface area (Å²) in [5, 5.41) is 0. The predicted molar refractivity (Wildman–Crippen MR) is 87.4 cm³/mol. The van der Waals surface area contributed by atoms with E-state index in [0.717, 1.165) is 12.5 Å².